The van der Waals surface area contributed by atoms with E-state index in [0.29, 0.717) is 25.0 Å². The number of piperidine rings is 1. The SMILES string of the molecule is O=C(c1ccc2c(c1)OCCO2)N1CCC[C@@H]2CCC[C@@H]21. The molecule has 0 bridgehead atoms. The molecule has 4 rings (SSSR count). The number of likely N-dealkylation sites (tertiary alicyclic amines) is 1. The normalized spacial score (nSPS) is 27.3. The van der Waals surface area contributed by atoms with Gasteiger partial charge >= 0.3 is 0 Å². The molecule has 1 saturated carbocycles. The molecule has 0 aromatic heterocycles. The fraction of sp³-hybridized carbons (Fsp3) is 0.588. The summed E-state index contributed by atoms with van der Waals surface area (Å²) >= 11 is 0. The molecule has 2 atom stereocenters. The highest BCUT2D eigenvalue weighted by atomic mass is 16.6. The Morgan fingerprint density at radius 3 is 2.76 bits per heavy atom. The van der Waals surface area contributed by atoms with Crippen LogP contribution in [0.4, 0.5) is 0 Å². The van der Waals surface area contributed by atoms with Crippen LogP contribution in [0, 0.1) is 5.92 Å². The van der Waals surface area contributed by atoms with Gasteiger partial charge in [-0.05, 0) is 49.8 Å². The smallest absolute Gasteiger partial charge is 0.254 e. The number of benzene rings is 1. The van der Waals surface area contributed by atoms with Gasteiger partial charge in [0.25, 0.3) is 5.91 Å². The quantitative estimate of drug-likeness (QED) is 0.797. The zero-order chi connectivity index (χ0) is 14.2. The minimum Gasteiger partial charge on any atom is -0.486 e. The predicted molar refractivity (Wildman–Crippen MR) is 78.8 cm³/mol. The summed E-state index contributed by atoms with van der Waals surface area (Å²) in [6.07, 6.45) is 6.14. The largest absolute Gasteiger partial charge is 0.486 e. The first kappa shape index (κ1) is 13.0. The number of hydrogen-bond donors (Lipinski definition) is 0. The van der Waals surface area contributed by atoms with Crippen LogP contribution in [0.3, 0.4) is 0 Å². The maximum Gasteiger partial charge on any atom is 0.254 e. The highest BCUT2D eigenvalue weighted by Crippen LogP contribution is 2.38. The lowest BCUT2D eigenvalue weighted by Gasteiger charge is -2.38. The maximum atomic E-state index is 12.9. The molecule has 2 fully saturated rings. The molecule has 2 heterocycles. The Balaban J connectivity index is 1.59. The molecule has 1 aromatic carbocycles. The maximum absolute atomic E-state index is 12.9. The van der Waals surface area contributed by atoms with Crippen molar-refractivity contribution in [1.82, 2.24) is 4.90 Å². The van der Waals surface area contributed by atoms with Crippen molar-refractivity contribution in [2.75, 3.05) is 19.8 Å². The summed E-state index contributed by atoms with van der Waals surface area (Å²) < 4.78 is 11.1. The summed E-state index contributed by atoms with van der Waals surface area (Å²) in [6.45, 7) is 2.03. The molecular formula is C17H21NO3. The molecule has 1 saturated heterocycles. The van der Waals surface area contributed by atoms with E-state index < -0.39 is 0 Å². The Kier molecular flexibility index (Phi) is 3.24. The number of rotatable bonds is 1. The number of carbonyl (C=O) groups is 1. The lowest BCUT2D eigenvalue weighted by Crippen LogP contribution is -2.46. The second-order valence-corrected chi connectivity index (χ2v) is 6.26. The van der Waals surface area contributed by atoms with E-state index in [1.807, 2.05) is 18.2 Å². The Morgan fingerprint density at radius 2 is 1.86 bits per heavy atom. The Morgan fingerprint density at radius 1 is 1.05 bits per heavy atom. The van der Waals surface area contributed by atoms with E-state index in [1.165, 1.54) is 25.7 Å². The van der Waals surface area contributed by atoms with Gasteiger partial charge < -0.3 is 14.4 Å². The molecule has 0 N–H and O–H groups in total. The first-order chi connectivity index (χ1) is 10.3. The molecule has 21 heavy (non-hydrogen) atoms. The van der Waals surface area contributed by atoms with Crippen molar-refractivity contribution in [3.05, 3.63) is 23.8 Å². The lowest BCUT2D eigenvalue weighted by atomic mass is 9.91. The number of ether oxygens (including phenoxy) is 2. The molecule has 1 aliphatic carbocycles. The molecule has 3 aliphatic rings. The lowest BCUT2D eigenvalue weighted by molar-refractivity contribution is 0.0547. The predicted octanol–water partition coefficient (Wildman–Crippen LogP) is 2.86. The molecule has 0 radical (unpaired) electrons. The van der Waals surface area contributed by atoms with Crippen LogP contribution in [0.15, 0.2) is 18.2 Å². The van der Waals surface area contributed by atoms with Crippen LogP contribution in [-0.4, -0.2) is 36.6 Å². The summed E-state index contributed by atoms with van der Waals surface area (Å²) in [4.78, 5) is 15.0. The summed E-state index contributed by atoms with van der Waals surface area (Å²) in [6, 6.07) is 6.03. The summed E-state index contributed by atoms with van der Waals surface area (Å²) in [5.74, 6) is 2.32. The van der Waals surface area contributed by atoms with Gasteiger partial charge in [-0.15, -0.1) is 0 Å². The van der Waals surface area contributed by atoms with E-state index in [0.717, 1.165) is 30.2 Å². The average Bonchev–Trinajstić information content (AvgIpc) is 3.02. The minimum atomic E-state index is 0.156. The topological polar surface area (TPSA) is 38.8 Å². The van der Waals surface area contributed by atoms with E-state index in [-0.39, 0.29) is 5.91 Å². The van der Waals surface area contributed by atoms with Gasteiger partial charge in [0.2, 0.25) is 0 Å². The Labute approximate surface area is 125 Å². The number of amides is 1. The van der Waals surface area contributed by atoms with Crippen molar-refractivity contribution in [3.63, 3.8) is 0 Å². The molecule has 2 aliphatic heterocycles. The first-order valence-corrected chi connectivity index (χ1v) is 8.03. The molecule has 0 spiro atoms. The van der Waals surface area contributed by atoms with E-state index in [4.69, 9.17) is 9.47 Å². The van der Waals surface area contributed by atoms with Gasteiger partial charge in [0.15, 0.2) is 11.5 Å². The highest BCUT2D eigenvalue weighted by molar-refractivity contribution is 5.95. The third kappa shape index (κ3) is 2.27. The number of nitrogens with zero attached hydrogens (tertiary/aromatic N) is 1. The third-order valence-electron chi connectivity index (χ3n) is 5.04. The van der Waals surface area contributed by atoms with E-state index in [1.54, 1.807) is 0 Å². The second-order valence-electron chi connectivity index (χ2n) is 6.26. The summed E-state index contributed by atoms with van der Waals surface area (Å²) in [5, 5.41) is 0. The molecule has 4 heteroatoms. The van der Waals surface area contributed by atoms with Crippen LogP contribution >= 0.6 is 0 Å². The van der Waals surface area contributed by atoms with Crippen molar-refractivity contribution in [1.29, 1.82) is 0 Å². The second kappa shape index (κ2) is 5.24. The summed E-state index contributed by atoms with van der Waals surface area (Å²) in [5.41, 5.74) is 0.729. The molecule has 112 valence electrons. The molecular weight excluding hydrogens is 266 g/mol. The van der Waals surface area contributed by atoms with Crippen LogP contribution in [-0.2, 0) is 0 Å². The Bertz CT molecular complexity index is 557. The highest BCUT2D eigenvalue weighted by Gasteiger charge is 2.37. The zero-order valence-corrected chi connectivity index (χ0v) is 12.2. The number of hydrogen-bond acceptors (Lipinski definition) is 3. The van der Waals surface area contributed by atoms with Crippen LogP contribution in [0.2, 0.25) is 0 Å². The molecule has 1 amide bonds. The van der Waals surface area contributed by atoms with E-state index in [9.17, 15) is 4.79 Å². The van der Waals surface area contributed by atoms with Gasteiger partial charge in [0.05, 0.1) is 0 Å². The van der Waals surface area contributed by atoms with E-state index in [2.05, 4.69) is 4.90 Å². The van der Waals surface area contributed by atoms with Crippen LogP contribution in [0.1, 0.15) is 42.5 Å². The molecule has 1 aromatic rings. The first-order valence-electron chi connectivity index (χ1n) is 8.03. The average molecular weight is 287 g/mol. The monoisotopic (exact) mass is 287 g/mol. The van der Waals surface area contributed by atoms with Gasteiger partial charge in [-0.3, -0.25) is 4.79 Å². The fourth-order valence-electron chi connectivity index (χ4n) is 4.05. The third-order valence-corrected chi connectivity index (χ3v) is 5.04. The van der Waals surface area contributed by atoms with Crippen molar-refractivity contribution >= 4 is 5.91 Å². The fourth-order valence-corrected chi connectivity index (χ4v) is 4.05. The van der Waals surface area contributed by atoms with Gasteiger partial charge in [0.1, 0.15) is 13.2 Å². The van der Waals surface area contributed by atoms with Crippen LogP contribution in [0.25, 0.3) is 0 Å². The van der Waals surface area contributed by atoms with Gasteiger partial charge in [-0.2, -0.15) is 0 Å². The standard InChI is InChI=1S/C17H21NO3/c19-17(18-8-2-4-12-3-1-5-14(12)18)13-6-7-15-16(11-13)21-10-9-20-15/h6-7,11-12,14H,1-5,8-10H2/t12-,14-/m0/s1. The number of fused-ring (bicyclic) bond motifs is 2. The number of carbonyl (C=O) groups excluding carboxylic acids is 1. The Hall–Kier alpha value is -1.71. The van der Waals surface area contributed by atoms with Crippen molar-refractivity contribution in [2.45, 2.75) is 38.1 Å². The zero-order valence-electron chi connectivity index (χ0n) is 12.2. The van der Waals surface area contributed by atoms with E-state index >= 15 is 0 Å². The van der Waals surface area contributed by atoms with Gasteiger partial charge in [-0.1, -0.05) is 6.42 Å². The van der Waals surface area contributed by atoms with Crippen molar-refractivity contribution in [3.8, 4) is 11.5 Å². The van der Waals surface area contributed by atoms with Crippen molar-refractivity contribution in [2.24, 2.45) is 5.92 Å². The summed E-state index contributed by atoms with van der Waals surface area (Å²) in [7, 11) is 0. The van der Waals surface area contributed by atoms with Crippen molar-refractivity contribution < 1.29 is 14.3 Å². The molecule has 4 nitrogen and oxygen atoms in total. The minimum absolute atomic E-state index is 0.156. The van der Waals surface area contributed by atoms with Gasteiger partial charge in [-0.25, -0.2) is 0 Å². The van der Waals surface area contributed by atoms with Crippen LogP contribution in [0.5, 0.6) is 11.5 Å². The van der Waals surface area contributed by atoms with Gasteiger partial charge in [0, 0.05) is 18.2 Å². The van der Waals surface area contributed by atoms with Crippen LogP contribution < -0.4 is 9.47 Å². The molecule has 0 unspecified atom stereocenters.